The predicted octanol–water partition coefficient (Wildman–Crippen LogP) is 4.21. The van der Waals surface area contributed by atoms with Crippen molar-refractivity contribution >= 4 is 17.9 Å². The van der Waals surface area contributed by atoms with Gasteiger partial charge in [0.1, 0.15) is 17.4 Å². The van der Waals surface area contributed by atoms with Gasteiger partial charge in [0.05, 0.1) is 0 Å². The maximum Gasteiger partial charge on any atom is 0.408 e. The van der Waals surface area contributed by atoms with Crippen molar-refractivity contribution < 1.29 is 24.2 Å². The van der Waals surface area contributed by atoms with Crippen LogP contribution in [-0.2, 0) is 20.7 Å². The summed E-state index contributed by atoms with van der Waals surface area (Å²) in [7, 11) is 0. The topological polar surface area (TPSA) is 108 Å². The van der Waals surface area contributed by atoms with Crippen molar-refractivity contribution in [2.75, 3.05) is 0 Å². The molecule has 3 N–H and O–H groups in total. The van der Waals surface area contributed by atoms with E-state index < -0.39 is 41.1 Å². The molecule has 198 valence electrons. The third-order valence-electron chi connectivity index (χ3n) is 5.22. The van der Waals surface area contributed by atoms with Gasteiger partial charge in [0.25, 0.3) is 5.91 Å². The van der Waals surface area contributed by atoms with Crippen molar-refractivity contribution in [3.8, 4) is 18.2 Å². The molecule has 8 nitrogen and oxygen atoms in total. The number of hydrogen-bond donors (Lipinski definition) is 3. The first-order valence-electron chi connectivity index (χ1n) is 12.1. The SMILES string of the molecule is C#CN(C(=O)C(Cc1ccccc1)NC(=O)OC(C)(C)C)C(C(=O)NC(C)(C)C)c1cccc(C)c1O. The highest BCUT2D eigenvalue weighted by Gasteiger charge is 2.38. The van der Waals surface area contributed by atoms with Gasteiger partial charge in [-0.2, -0.15) is 0 Å². The Balaban J connectivity index is 2.55. The summed E-state index contributed by atoms with van der Waals surface area (Å²) in [6, 6.07) is 13.8. The number of carbonyl (C=O) groups is 3. The second-order valence-electron chi connectivity index (χ2n) is 10.9. The molecule has 0 aliphatic heterocycles. The Morgan fingerprint density at radius 2 is 1.65 bits per heavy atom. The fraction of sp³-hybridized carbons (Fsp3) is 0.414. The third kappa shape index (κ3) is 8.57. The minimum atomic E-state index is -1.35. The minimum absolute atomic E-state index is 0.102. The summed E-state index contributed by atoms with van der Waals surface area (Å²) >= 11 is 0. The smallest absolute Gasteiger partial charge is 0.408 e. The highest BCUT2D eigenvalue weighted by molar-refractivity contribution is 5.94. The number of hydrogen-bond acceptors (Lipinski definition) is 5. The second-order valence-corrected chi connectivity index (χ2v) is 10.9. The molecule has 0 aliphatic rings. The number of nitrogens with zero attached hydrogens (tertiary/aromatic N) is 1. The van der Waals surface area contributed by atoms with Gasteiger partial charge in [-0.15, -0.1) is 0 Å². The molecule has 0 fully saturated rings. The molecule has 0 saturated heterocycles. The molecule has 0 heterocycles. The Bertz CT molecular complexity index is 1160. The number of rotatable bonds is 7. The van der Waals surface area contributed by atoms with E-state index in [0.29, 0.717) is 5.56 Å². The molecule has 0 aromatic heterocycles. The lowest BCUT2D eigenvalue weighted by atomic mass is 9.97. The van der Waals surface area contributed by atoms with Crippen LogP contribution in [0.25, 0.3) is 0 Å². The highest BCUT2D eigenvalue weighted by Crippen LogP contribution is 2.32. The standard InChI is InChI=1S/C29H37N3O5/c1-9-32(23(25(34)31-28(3,4)5)21-17-13-14-19(2)24(21)33)26(35)22(18-20-15-11-10-12-16-20)30-27(36)37-29(6,7)8/h1,10-17,22-23,33H,18H2,2-8H3,(H,30,36)(H,31,34). The Hall–Kier alpha value is -3.99. The van der Waals surface area contributed by atoms with Crippen LogP contribution in [0.2, 0.25) is 0 Å². The Morgan fingerprint density at radius 1 is 1.03 bits per heavy atom. The Morgan fingerprint density at radius 3 is 2.19 bits per heavy atom. The first-order valence-corrected chi connectivity index (χ1v) is 12.1. The van der Waals surface area contributed by atoms with Crippen LogP contribution in [0.3, 0.4) is 0 Å². The lowest BCUT2D eigenvalue weighted by molar-refractivity contribution is -0.139. The monoisotopic (exact) mass is 507 g/mol. The number of benzene rings is 2. The van der Waals surface area contributed by atoms with Gasteiger partial charge in [-0.25, -0.2) is 4.79 Å². The molecule has 37 heavy (non-hydrogen) atoms. The fourth-order valence-corrected chi connectivity index (χ4v) is 3.67. The third-order valence-corrected chi connectivity index (χ3v) is 5.22. The van der Waals surface area contributed by atoms with E-state index >= 15 is 0 Å². The quantitative estimate of drug-likeness (QED) is 0.384. The van der Waals surface area contributed by atoms with Gasteiger partial charge in [-0.3, -0.25) is 14.5 Å². The lowest BCUT2D eigenvalue weighted by Crippen LogP contribution is -2.53. The van der Waals surface area contributed by atoms with E-state index in [-0.39, 0.29) is 17.7 Å². The number of ether oxygens (including phenoxy) is 1. The second kappa shape index (κ2) is 11.8. The first-order chi connectivity index (χ1) is 17.1. The minimum Gasteiger partial charge on any atom is -0.507 e. The summed E-state index contributed by atoms with van der Waals surface area (Å²) < 4.78 is 5.37. The van der Waals surface area contributed by atoms with E-state index in [9.17, 15) is 19.5 Å². The number of amides is 3. The van der Waals surface area contributed by atoms with Gasteiger partial charge in [0, 0.05) is 23.6 Å². The van der Waals surface area contributed by atoms with Crippen molar-refractivity contribution in [3.63, 3.8) is 0 Å². The lowest BCUT2D eigenvalue weighted by Gasteiger charge is -2.33. The number of phenols is 1. The summed E-state index contributed by atoms with van der Waals surface area (Å²) in [5.74, 6) is -1.42. The maximum atomic E-state index is 13.9. The summed E-state index contributed by atoms with van der Waals surface area (Å²) in [6.07, 6.45) is 5.12. The average molecular weight is 508 g/mol. The maximum absolute atomic E-state index is 13.9. The van der Waals surface area contributed by atoms with E-state index in [1.54, 1.807) is 66.7 Å². The number of phenolic OH excluding ortho intramolecular Hbond substituents is 1. The van der Waals surface area contributed by atoms with Gasteiger partial charge in [0.2, 0.25) is 5.91 Å². The van der Waals surface area contributed by atoms with Crippen molar-refractivity contribution in [2.45, 2.75) is 78.1 Å². The van der Waals surface area contributed by atoms with Crippen LogP contribution >= 0.6 is 0 Å². The van der Waals surface area contributed by atoms with E-state index in [1.165, 1.54) is 0 Å². The van der Waals surface area contributed by atoms with E-state index in [1.807, 2.05) is 30.3 Å². The van der Waals surface area contributed by atoms with Crippen molar-refractivity contribution in [2.24, 2.45) is 0 Å². The number of carbonyl (C=O) groups excluding carboxylic acids is 3. The summed E-state index contributed by atoms with van der Waals surface area (Å²) in [5.41, 5.74) is 0.0182. The van der Waals surface area contributed by atoms with Gasteiger partial charge in [-0.1, -0.05) is 55.0 Å². The molecule has 0 aliphatic carbocycles. The average Bonchev–Trinajstić information content (AvgIpc) is 2.77. The van der Waals surface area contributed by atoms with Crippen LogP contribution in [0.4, 0.5) is 4.79 Å². The van der Waals surface area contributed by atoms with Crippen LogP contribution < -0.4 is 10.6 Å². The van der Waals surface area contributed by atoms with Crippen molar-refractivity contribution in [3.05, 3.63) is 65.2 Å². The Kier molecular flexibility index (Phi) is 9.35. The molecule has 2 unspecified atom stereocenters. The molecule has 2 atom stereocenters. The molecule has 2 aromatic carbocycles. The van der Waals surface area contributed by atoms with Crippen LogP contribution in [0.5, 0.6) is 5.75 Å². The van der Waals surface area contributed by atoms with E-state index in [4.69, 9.17) is 11.2 Å². The molecular weight excluding hydrogens is 470 g/mol. The summed E-state index contributed by atoms with van der Waals surface area (Å²) in [4.78, 5) is 41.0. The molecule has 0 saturated carbocycles. The number of aromatic hydroxyl groups is 1. The van der Waals surface area contributed by atoms with E-state index in [0.717, 1.165) is 10.5 Å². The molecule has 0 bridgehead atoms. The number of para-hydroxylation sites is 1. The largest absolute Gasteiger partial charge is 0.507 e. The molecular formula is C29H37N3O5. The summed E-state index contributed by atoms with van der Waals surface area (Å²) in [5, 5.41) is 16.3. The molecule has 8 heteroatoms. The zero-order valence-corrected chi connectivity index (χ0v) is 22.6. The van der Waals surface area contributed by atoms with Gasteiger partial charge in [-0.05, 0) is 59.6 Å². The molecule has 2 rings (SSSR count). The van der Waals surface area contributed by atoms with Crippen molar-refractivity contribution in [1.29, 1.82) is 0 Å². The predicted molar refractivity (Wildman–Crippen MR) is 142 cm³/mol. The summed E-state index contributed by atoms with van der Waals surface area (Å²) in [6.45, 7) is 12.2. The van der Waals surface area contributed by atoms with E-state index in [2.05, 4.69) is 16.7 Å². The van der Waals surface area contributed by atoms with Gasteiger partial charge in [0.15, 0.2) is 6.04 Å². The number of terminal acetylenes is 1. The zero-order valence-electron chi connectivity index (χ0n) is 22.6. The molecule has 2 aromatic rings. The van der Waals surface area contributed by atoms with Gasteiger partial charge >= 0.3 is 6.09 Å². The van der Waals surface area contributed by atoms with Crippen molar-refractivity contribution in [1.82, 2.24) is 15.5 Å². The first kappa shape index (κ1) is 29.2. The molecule has 0 radical (unpaired) electrons. The molecule has 3 amide bonds. The van der Waals surface area contributed by atoms with Crippen LogP contribution in [0.1, 0.15) is 64.3 Å². The number of nitrogens with one attached hydrogen (secondary N) is 2. The Labute approximate surface area is 219 Å². The fourth-order valence-electron chi connectivity index (χ4n) is 3.67. The number of aryl methyl sites for hydroxylation is 1. The van der Waals surface area contributed by atoms with Gasteiger partial charge < -0.3 is 20.5 Å². The molecule has 0 spiro atoms. The number of alkyl carbamates (subject to hydrolysis) is 1. The van der Waals surface area contributed by atoms with Crippen LogP contribution in [0, 0.1) is 19.4 Å². The normalized spacial score (nSPS) is 13.0. The van der Waals surface area contributed by atoms with Crippen LogP contribution in [0.15, 0.2) is 48.5 Å². The highest BCUT2D eigenvalue weighted by atomic mass is 16.6. The zero-order chi connectivity index (χ0) is 28.0. The van der Waals surface area contributed by atoms with Crippen LogP contribution in [-0.4, -0.2) is 45.1 Å².